The van der Waals surface area contributed by atoms with Crippen LogP contribution in [0.2, 0.25) is 0 Å². The molecule has 0 saturated heterocycles. The van der Waals surface area contributed by atoms with Gasteiger partial charge in [0.25, 0.3) is 11.8 Å². The molecule has 2 amide bonds. The van der Waals surface area contributed by atoms with E-state index < -0.39 is 11.8 Å². The maximum Gasteiger partial charge on any atom is 0.273 e. The summed E-state index contributed by atoms with van der Waals surface area (Å²) in [7, 11) is 1.55. The maximum absolute atomic E-state index is 12.5. The van der Waals surface area contributed by atoms with Crippen molar-refractivity contribution in [3.63, 3.8) is 0 Å². The number of ether oxygens (including phenoxy) is 2. The van der Waals surface area contributed by atoms with Crippen molar-refractivity contribution in [2.75, 3.05) is 19.0 Å². The Labute approximate surface area is 168 Å². The molecule has 0 heterocycles. The van der Waals surface area contributed by atoms with Gasteiger partial charge < -0.3 is 14.8 Å². The second-order valence-electron chi connectivity index (χ2n) is 5.97. The largest absolute Gasteiger partial charge is 0.495 e. The van der Waals surface area contributed by atoms with Gasteiger partial charge in [-0.25, -0.2) is 0 Å². The van der Waals surface area contributed by atoms with Crippen molar-refractivity contribution < 1.29 is 19.1 Å². The van der Waals surface area contributed by atoms with E-state index in [9.17, 15) is 9.59 Å². The van der Waals surface area contributed by atoms with Gasteiger partial charge in [-0.2, -0.15) is 0 Å². The predicted molar refractivity (Wildman–Crippen MR) is 110 cm³/mol. The summed E-state index contributed by atoms with van der Waals surface area (Å²) in [6.45, 7) is -0.0389. The van der Waals surface area contributed by atoms with Gasteiger partial charge in [0, 0.05) is 0 Å². The molecule has 0 unspecified atom stereocenters. The van der Waals surface area contributed by atoms with Crippen LogP contribution in [0.25, 0.3) is 0 Å². The zero-order valence-corrected chi connectivity index (χ0v) is 15.8. The molecule has 3 rings (SSSR count). The summed E-state index contributed by atoms with van der Waals surface area (Å²) >= 11 is 0. The van der Waals surface area contributed by atoms with Gasteiger partial charge in [-0.15, -0.1) is 0 Å². The number of hydrazine groups is 1. The first kappa shape index (κ1) is 19.8. The number of hydrogen-bond acceptors (Lipinski definition) is 5. The molecule has 0 aromatic heterocycles. The first-order valence-electron chi connectivity index (χ1n) is 8.95. The summed E-state index contributed by atoms with van der Waals surface area (Å²) in [4.78, 5) is 24.6. The van der Waals surface area contributed by atoms with Crippen LogP contribution in [0, 0.1) is 0 Å². The molecular weight excluding hydrogens is 370 g/mol. The van der Waals surface area contributed by atoms with Crippen LogP contribution in [0.5, 0.6) is 17.2 Å². The number of anilines is 1. The van der Waals surface area contributed by atoms with Gasteiger partial charge in [0.15, 0.2) is 0 Å². The number of rotatable bonds is 7. The molecule has 3 N–H and O–H groups in total. The lowest BCUT2D eigenvalue weighted by molar-refractivity contribution is -0.120. The van der Waals surface area contributed by atoms with Crippen LogP contribution in [-0.4, -0.2) is 25.5 Å². The summed E-state index contributed by atoms with van der Waals surface area (Å²) in [5.74, 6) is 0.722. The van der Waals surface area contributed by atoms with Gasteiger partial charge in [0.1, 0.15) is 17.2 Å². The van der Waals surface area contributed by atoms with Crippen LogP contribution in [0.1, 0.15) is 10.4 Å². The molecule has 0 aliphatic rings. The molecule has 148 valence electrons. The lowest BCUT2D eigenvalue weighted by Gasteiger charge is -2.13. The first-order chi connectivity index (χ1) is 14.2. The zero-order valence-electron chi connectivity index (χ0n) is 15.8. The van der Waals surface area contributed by atoms with Gasteiger partial charge in [0.05, 0.1) is 24.9 Å². The molecule has 0 fully saturated rings. The second kappa shape index (κ2) is 9.80. The third-order valence-electron chi connectivity index (χ3n) is 3.96. The lowest BCUT2D eigenvalue weighted by Crippen LogP contribution is -2.44. The number of carbonyl (C=O) groups is 2. The molecule has 0 aliphatic heterocycles. The van der Waals surface area contributed by atoms with Gasteiger partial charge in [-0.05, 0) is 36.4 Å². The van der Waals surface area contributed by atoms with E-state index >= 15 is 0 Å². The molecule has 0 atom stereocenters. The summed E-state index contributed by atoms with van der Waals surface area (Å²) in [5.41, 5.74) is 5.76. The Hall–Kier alpha value is -4.00. The van der Waals surface area contributed by atoms with Crippen molar-refractivity contribution in [2.45, 2.75) is 0 Å². The number of nitrogens with one attached hydrogen (secondary N) is 3. The van der Waals surface area contributed by atoms with E-state index in [0.29, 0.717) is 28.5 Å². The Morgan fingerprint density at radius 2 is 1.45 bits per heavy atom. The summed E-state index contributed by atoms with van der Waals surface area (Å²) in [6, 6.07) is 23.2. The molecule has 0 radical (unpaired) electrons. The second-order valence-corrected chi connectivity index (χ2v) is 5.97. The van der Waals surface area contributed by atoms with Gasteiger partial charge in [-0.3, -0.25) is 20.4 Å². The number of benzene rings is 3. The monoisotopic (exact) mass is 391 g/mol. The van der Waals surface area contributed by atoms with Crippen LogP contribution >= 0.6 is 0 Å². The minimum absolute atomic E-state index is 0.0389. The van der Waals surface area contributed by atoms with Crippen molar-refractivity contribution in [3.8, 4) is 17.2 Å². The average Bonchev–Trinajstić information content (AvgIpc) is 2.77. The van der Waals surface area contributed by atoms with E-state index in [-0.39, 0.29) is 6.54 Å². The molecule has 7 heteroatoms. The van der Waals surface area contributed by atoms with Crippen molar-refractivity contribution in [3.05, 3.63) is 84.4 Å². The van der Waals surface area contributed by atoms with Crippen LogP contribution in [0.3, 0.4) is 0 Å². The minimum Gasteiger partial charge on any atom is -0.495 e. The van der Waals surface area contributed by atoms with Gasteiger partial charge in [-0.1, -0.05) is 42.5 Å². The zero-order chi connectivity index (χ0) is 20.5. The molecule has 0 saturated carbocycles. The van der Waals surface area contributed by atoms with Crippen LogP contribution < -0.4 is 25.6 Å². The number of methoxy groups -OCH3 is 1. The maximum atomic E-state index is 12.5. The SMILES string of the molecule is COc1ccccc1NCC(=O)NNC(=O)c1ccccc1Oc1ccccc1. The molecule has 3 aromatic rings. The third kappa shape index (κ3) is 5.49. The normalized spacial score (nSPS) is 9.97. The molecular formula is C22H21N3O4. The topological polar surface area (TPSA) is 88.7 Å². The summed E-state index contributed by atoms with van der Waals surface area (Å²) < 4.78 is 11.0. The van der Waals surface area contributed by atoms with Gasteiger partial charge in [0.2, 0.25) is 0 Å². The molecule has 29 heavy (non-hydrogen) atoms. The Kier molecular flexibility index (Phi) is 6.67. The highest BCUT2D eigenvalue weighted by molar-refractivity contribution is 5.98. The van der Waals surface area contributed by atoms with Gasteiger partial charge >= 0.3 is 0 Å². The van der Waals surface area contributed by atoms with E-state index in [1.165, 1.54) is 0 Å². The predicted octanol–water partition coefficient (Wildman–Crippen LogP) is 3.36. The van der Waals surface area contributed by atoms with E-state index in [0.717, 1.165) is 0 Å². The van der Waals surface area contributed by atoms with Crippen molar-refractivity contribution >= 4 is 17.5 Å². The smallest absolute Gasteiger partial charge is 0.273 e. The Morgan fingerprint density at radius 1 is 0.793 bits per heavy atom. The highest BCUT2D eigenvalue weighted by Crippen LogP contribution is 2.25. The standard InChI is InChI=1S/C22H21N3O4/c1-28-20-14-8-6-12-18(20)23-15-21(26)24-25-22(27)17-11-5-7-13-19(17)29-16-9-3-2-4-10-16/h2-14,23H,15H2,1H3,(H,24,26)(H,25,27). The molecule has 0 aliphatic carbocycles. The van der Waals surface area contributed by atoms with E-state index in [4.69, 9.17) is 9.47 Å². The molecule has 0 spiro atoms. The van der Waals surface area contributed by atoms with Crippen molar-refractivity contribution in [1.29, 1.82) is 0 Å². The van der Waals surface area contributed by atoms with E-state index in [1.807, 2.05) is 30.3 Å². The van der Waals surface area contributed by atoms with Crippen LogP contribution in [-0.2, 0) is 4.79 Å². The minimum atomic E-state index is -0.484. The fourth-order valence-corrected chi connectivity index (χ4v) is 2.56. The summed E-state index contributed by atoms with van der Waals surface area (Å²) in [5, 5.41) is 2.96. The number of para-hydroxylation sites is 4. The number of carbonyl (C=O) groups excluding carboxylic acids is 2. The van der Waals surface area contributed by atoms with Crippen LogP contribution in [0.15, 0.2) is 78.9 Å². The van der Waals surface area contributed by atoms with Crippen molar-refractivity contribution in [1.82, 2.24) is 10.9 Å². The number of amides is 2. The molecule has 0 bridgehead atoms. The van der Waals surface area contributed by atoms with Crippen molar-refractivity contribution in [2.24, 2.45) is 0 Å². The average molecular weight is 391 g/mol. The first-order valence-corrected chi connectivity index (χ1v) is 8.95. The summed E-state index contributed by atoms with van der Waals surface area (Å²) in [6.07, 6.45) is 0. The highest BCUT2D eigenvalue weighted by atomic mass is 16.5. The molecule has 3 aromatic carbocycles. The Bertz CT molecular complexity index is 977. The van der Waals surface area contributed by atoms with Crippen LogP contribution in [0.4, 0.5) is 5.69 Å². The fraction of sp³-hybridized carbons (Fsp3) is 0.0909. The quantitative estimate of drug-likeness (QED) is 0.538. The third-order valence-corrected chi connectivity index (χ3v) is 3.96. The molecule has 7 nitrogen and oxygen atoms in total. The van der Waals surface area contributed by atoms with E-state index in [1.54, 1.807) is 55.6 Å². The lowest BCUT2D eigenvalue weighted by atomic mass is 10.2. The Balaban J connectivity index is 1.56. The fourth-order valence-electron chi connectivity index (χ4n) is 2.56. The van der Waals surface area contributed by atoms with E-state index in [2.05, 4.69) is 16.2 Å². The number of hydrogen-bond donors (Lipinski definition) is 3. The highest BCUT2D eigenvalue weighted by Gasteiger charge is 2.14. The Morgan fingerprint density at radius 3 is 2.21 bits per heavy atom.